The maximum atomic E-state index is 12.6. The fraction of sp³-hybridized carbons (Fsp3) is 0.429. The predicted molar refractivity (Wildman–Crippen MR) is 79.3 cm³/mol. The Balaban J connectivity index is 2.34. The van der Waals surface area contributed by atoms with Crippen molar-refractivity contribution in [1.29, 1.82) is 0 Å². The molecule has 2 rings (SSSR count). The fourth-order valence-corrected chi connectivity index (χ4v) is 2.50. The maximum Gasteiger partial charge on any atom is 0.237 e. The van der Waals surface area contributed by atoms with Crippen LogP contribution in [0.4, 0.5) is 11.4 Å². The number of nitrogens with zero attached hydrogens (tertiary/aromatic N) is 3. The Morgan fingerprint density at radius 2 is 2.05 bits per heavy atom. The van der Waals surface area contributed by atoms with Crippen LogP contribution in [0.1, 0.15) is 13.3 Å². The molecule has 108 valence electrons. The Hall–Kier alpha value is -2.24. The molecule has 6 heteroatoms. The van der Waals surface area contributed by atoms with Gasteiger partial charge in [-0.25, -0.2) is 0 Å². The third-order valence-corrected chi connectivity index (χ3v) is 3.69. The number of oxime groups is 1. The van der Waals surface area contributed by atoms with Gasteiger partial charge in [-0.15, -0.1) is 0 Å². The summed E-state index contributed by atoms with van der Waals surface area (Å²) in [6.45, 7) is 3.21. The van der Waals surface area contributed by atoms with E-state index in [0.717, 1.165) is 17.9 Å². The van der Waals surface area contributed by atoms with Crippen LogP contribution in [0, 0.1) is 5.92 Å². The zero-order valence-electron chi connectivity index (χ0n) is 11.8. The van der Waals surface area contributed by atoms with E-state index in [-0.39, 0.29) is 11.7 Å². The molecule has 3 N–H and O–H groups in total. The Morgan fingerprint density at radius 1 is 1.40 bits per heavy atom. The van der Waals surface area contributed by atoms with Crippen LogP contribution in [0.2, 0.25) is 0 Å². The van der Waals surface area contributed by atoms with Crippen LogP contribution in [-0.4, -0.2) is 37.1 Å². The summed E-state index contributed by atoms with van der Waals surface area (Å²) in [5, 5.41) is 11.8. The van der Waals surface area contributed by atoms with Crippen molar-refractivity contribution >= 4 is 23.1 Å². The molecule has 1 amide bonds. The van der Waals surface area contributed by atoms with E-state index in [4.69, 9.17) is 10.9 Å². The zero-order valence-corrected chi connectivity index (χ0v) is 11.8. The molecule has 6 nitrogen and oxygen atoms in total. The minimum Gasteiger partial charge on any atom is -0.409 e. The van der Waals surface area contributed by atoms with Gasteiger partial charge in [0.2, 0.25) is 5.91 Å². The van der Waals surface area contributed by atoms with E-state index in [1.54, 1.807) is 4.90 Å². The summed E-state index contributed by atoms with van der Waals surface area (Å²) in [6, 6.07) is 7.76. The lowest BCUT2D eigenvalue weighted by molar-refractivity contribution is -0.120. The van der Waals surface area contributed by atoms with Crippen molar-refractivity contribution in [2.45, 2.75) is 13.3 Å². The number of rotatable bonds is 3. The summed E-state index contributed by atoms with van der Waals surface area (Å²) in [4.78, 5) is 16.5. The lowest BCUT2D eigenvalue weighted by atomic mass is 10.0. The number of benzene rings is 1. The number of amides is 1. The van der Waals surface area contributed by atoms with Crippen molar-refractivity contribution in [3.05, 3.63) is 24.3 Å². The summed E-state index contributed by atoms with van der Waals surface area (Å²) in [6.07, 6.45) is 0.503. The number of hydrogen-bond acceptors (Lipinski definition) is 4. The summed E-state index contributed by atoms with van der Waals surface area (Å²) >= 11 is 0. The van der Waals surface area contributed by atoms with Crippen molar-refractivity contribution in [2.75, 3.05) is 29.9 Å². The first-order valence-electron chi connectivity index (χ1n) is 6.69. The van der Waals surface area contributed by atoms with Crippen molar-refractivity contribution in [3.63, 3.8) is 0 Å². The number of para-hydroxylation sites is 2. The molecule has 0 radical (unpaired) electrons. The van der Waals surface area contributed by atoms with Gasteiger partial charge in [0, 0.05) is 20.1 Å². The number of nitrogens with two attached hydrogens (primary N) is 1. The molecule has 0 bridgehead atoms. The second-order valence-electron chi connectivity index (χ2n) is 4.89. The second-order valence-corrected chi connectivity index (χ2v) is 4.89. The molecule has 1 aliphatic rings. The molecule has 0 fully saturated rings. The van der Waals surface area contributed by atoms with E-state index in [1.165, 1.54) is 0 Å². The fourth-order valence-electron chi connectivity index (χ4n) is 2.50. The van der Waals surface area contributed by atoms with E-state index < -0.39 is 5.92 Å². The van der Waals surface area contributed by atoms with Crippen molar-refractivity contribution in [2.24, 2.45) is 16.8 Å². The standard InChI is InChI=1S/C14H20N4O2/c1-3-10(13(15)16-20)14(19)18-9-8-17(2)11-6-4-5-7-12(11)18/h4-7,10,20H,3,8-9H2,1-2H3,(H2,15,16). The monoisotopic (exact) mass is 276 g/mol. The highest BCUT2D eigenvalue weighted by Gasteiger charge is 2.31. The van der Waals surface area contributed by atoms with Crippen LogP contribution in [-0.2, 0) is 4.79 Å². The van der Waals surface area contributed by atoms with Gasteiger partial charge in [-0.05, 0) is 18.6 Å². The molecular weight excluding hydrogens is 256 g/mol. The average Bonchev–Trinajstić information content (AvgIpc) is 2.48. The first-order valence-corrected chi connectivity index (χ1v) is 6.69. The summed E-state index contributed by atoms with van der Waals surface area (Å²) in [5.41, 5.74) is 7.51. The van der Waals surface area contributed by atoms with Gasteiger partial charge in [-0.2, -0.15) is 0 Å². The van der Waals surface area contributed by atoms with Gasteiger partial charge in [0.15, 0.2) is 5.84 Å². The van der Waals surface area contributed by atoms with E-state index in [0.29, 0.717) is 13.0 Å². The van der Waals surface area contributed by atoms with Gasteiger partial charge in [-0.3, -0.25) is 4.79 Å². The summed E-state index contributed by atoms with van der Waals surface area (Å²) in [7, 11) is 2.00. The van der Waals surface area contributed by atoms with E-state index in [9.17, 15) is 4.79 Å². The third kappa shape index (κ3) is 2.41. The largest absolute Gasteiger partial charge is 0.409 e. The van der Waals surface area contributed by atoms with Crippen molar-refractivity contribution in [3.8, 4) is 0 Å². The number of anilines is 2. The first kappa shape index (κ1) is 14.2. The van der Waals surface area contributed by atoms with Crippen LogP contribution in [0.15, 0.2) is 29.4 Å². The molecule has 0 saturated heterocycles. The lowest BCUT2D eigenvalue weighted by Crippen LogP contribution is -2.47. The second kappa shape index (κ2) is 5.81. The SMILES string of the molecule is CCC(C(=O)N1CCN(C)c2ccccc21)C(N)=NO. The summed E-state index contributed by atoms with van der Waals surface area (Å²) < 4.78 is 0. The Bertz CT molecular complexity index is 530. The molecule has 1 aromatic carbocycles. The van der Waals surface area contributed by atoms with Gasteiger partial charge in [-0.1, -0.05) is 24.2 Å². The number of amidine groups is 1. The predicted octanol–water partition coefficient (Wildman–Crippen LogP) is 1.24. The highest BCUT2D eigenvalue weighted by Crippen LogP contribution is 2.32. The molecule has 0 saturated carbocycles. The quantitative estimate of drug-likeness (QED) is 0.377. The molecule has 0 aliphatic carbocycles. The Morgan fingerprint density at radius 3 is 2.65 bits per heavy atom. The minimum atomic E-state index is -0.587. The van der Waals surface area contributed by atoms with Gasteiger partial charge < -0.3 is 20.7 Å². The van der Waals surface area contributed by atoms with Crippen LogP contribution >= 0.6 is 0 Å². The molecule has 1 atom stereocenters. The molecule has 0 spiro atoms. The highest BCUT2D eigenvalue weighted by atomic mass is 16.4. The minimum absolute atomic E-state index is 0.0334. The van der Waals surface area contributed by atoms with Crippen LogP contribution < -0.4 is 15.5 Å². The van der Waals surface area contributed by atoms with Crippen molar-refractivity contribution < 1.29 is 10.0 Å². The average molecular weight is 276 g/mol. The van der Waals surface area contributed by atoms with E-state index in [1.807, 2.05) is 38.2 Å². The number of hydrogen-bond donors (Lipinski definition) is 2. The maximum absolute atomic E-state index is 12.6. The van der Waals surface area contributed by atoms with Crippen LogP contribution in [0.25, 0.3) is 0 Å². The summed E-state index contributed by atoms with van der Waals surface area (Å²) in [5.74, 6) is -0.742. The van der Waals surface area contributed by atoms with Gasteiger partial charge in [0.1, 0.15) is 0 Å². The van der Waals surface area contributed by atoms with Crippen molar-refractivity contribution in [1.82, 2.24) is 0 Å². The smallest absolute Gasteiger partial charge is 0.237 e. The van der Waals surface area contributed by atoms with Crippen LogP contribution in [0.5, 0.6) is 0 Å². The number of carbonyl (C=O) groups excluding carboxylic acids is 1. The molecule has 1 unspecified atom stereocenters. The number of likely N-dealkylation sites (N-methyl/N-ethyl adjacent to an activating group) is 1. The lowest BCUT2D eigenvalue weighted by Gasteiger charge is -2.37. The topological polar surface area (TPSA) is 82.2 Å². The molecule has 0 aromatic heterocycles. The zero-order chi connectivity index (χ0) is 14.7. The van der Waals surface area contributed by atoms with Crippen LogP contribution in [0.3, 0.4) is 0 Å². The van der Waals surface area contributed by atoms with Gasteiger partial charge in [0.05, 0.1) is 17.3 Å². The number of fused-ring (bicyclic) bond motifs is 1. The van der Waals surface area contributed by atoms with Gasteiger partial charge >= 0.3 is 0 Å². The highest BCUT2D eigenvalue weighted by molar-refractivity contribution is 6.10. The molecular formula is C14H20N4O2. The molecule has 20 heavy (non-hydrogen) atoms. The molecule has 1 heterocycles. The molecule has 1 aromatic rings. The molecule has 1 aliphatic heterocycles. The van der Waals surface area contributed by atoms with E-state index in [2.05, 4.69) is 10.1 Å². The normalized spacial score (nSPS) is 16.8. The third-order valence-electron chi connectivity index (χ3n) is 3.69. The number of carbonyl (C=O) groups is 1. The first-order chi connectivity index (χ1) is 9.60. The Labute approximate surface area is 118 Å². The van der Waals surface area contributed by atoms with E-state index >= 15 is 0 Å². The van der Waals surface area contributed by atoms with Gasteiger partial charge in [0.25, 0.3) is 0 Å². The Kier molecular flexibility index (Phi) is 4.12.